The molecule has 1 N–H and O–H groups in total. The Morgan fingerprint density at radius 1 is 1.28 bits per heavy atom. The molecule has 18 heavy (non-hydrogen) atoms. The minimum atomic E-state index is 0.216. The predicted octanol–water partition coefficient (Wildman–Crippen LogP) is 2.16. The Kier molecular flexibility index (Phi) is 6.47. The van der Waals surface area contributed by atoms with Gasteiger partial charge in [-0.1, -0.05) is 20.3 Å². The van der Waals surface area contributed by atoms with Crippen molar-refractivity contribution >= 4 is 6.03 Å². The quantitative estimate of drug-likeness (QED) is 0.817. The summed E-state index contributed by atoms with van der Waals surface area (Å²) in [5, 5.41) is 3.55. The second-order valence-electron chi connectivity index (χ2n) is 5.02. The van der Waals surface area contributed by atoms with Crippen LogP contribution in [0.1, 0.15) is 40.5 Å². The summed E-state index contributed by atoms with van der Waals surface area (Å²) < 4.78 is 0. The molecule has 0 aromatic heterocycles. The number of urea groups is 1. The van der Waals surface area contributed by atoms with Gasteiger partial charge in [0, 0.05) is 32.2 Å². The molecule has 1 heterocycles. The van der Waals surface area contributed by atoms with E-state index in [-0.39, 0.29) is 6.03 Å². The van der Waals surface area contributed by atoms with Crippen LogP contribution in [0.5, 0.6) is 0 Å². The van der Waals surface area contributed by atoms with Crippen molar-refractivity contribution in [1.29, 1.82) is 0 Å². The molecule has 1 fully saturated rings. The van der Waals surface area contributed by atoms with E-state index in [1.807, 2.05) is 23.6 Å². The molecule has 2 atom stereocenters. The number of nitrogens with zero attached hydrogens (tertiary/aromatic N) is 2. The van der Waals surface area contributed by atoms with Crippen LogP contribution in [0.3, 0.4) is 0 Å². The van der Waals surface area contributed by atoms with Crippen LogP contribution in [-0.2, 0) is 0 Å². The van der Waals surface area contributed by atoms with Gasteiger partial charge in [0.1, 0.15) is 0 Å². The largest absolute Gasteiger partial charge is 0.325 e. The lowest BCUT2D eigenvalue weighted by molar-refractivity contribution is 0.115. The normalized spacial score (nSPS) is 24.1. The maximum Gasteiger partial charge on any atom is 0.319 e. The van der Waals surface area contributed by atoms with Crippen LogP contribution in [0.2, 0.25) is 0 Å². The Morgan fingerprint density at radius 2 is 1.94 bits per heavy atom. The van der Waals surface area contributed by atoms with Gasteiger partial charge in [0.05, 0.1) is 0 Å². The van der Waals surface area contributed by atoms with E-state index >= 15 is 0 Å². The van der Waals surface area contributed by atoms with Crippen LogP contribution in [0, 0.1) is 5.92 Å². The van der Waals surface area contributed by atoms with Gasteiger partial charge in [0.2, 0.25) is 0 Å². The Bertz CT molecular complexity index is 253. The number of nitrogens with one attached hydrogen (secondary N) is 1. The van der Waals surface area contributed by atoms with Gasteiger partial charge in [-0.2, -0.15) is 0 Å². The van der Waals surface area contributed by atoms with E-state index in [1.54, 1.807) is 0 Å². The Morgan fingerprint density at radius 3 is 2.44 bits per heavy atom. The van der Waals surface area contributed by atoms with Crippen molar-refractivity contribution in [2.24, 2.45) is 5.92 Å². The van der Waals surface area contributed by atoms with E-state index in [0.29, 0.717) is 12.0 Å². The molecule has 0 aliphatic carbocycles. The number of likely N-dealkylation sites (tertiary alicyclic amines) is 1. The first-order valence-electron chi connectivity index (χ1n) is 7.44. The van der Waals surface area contributed by atoms with Gasteiger partial charge in [0.15, 0.2) is 0 Å². The molecule has 1 rings (SSSR count). The monoisotopic (exact) mass is 255 g/mol. The Balaban J connectivity index is 2.58. The molecule has 106 valence electrons. The summed E-state index contributed by atoms with van der Waals surface area (Å²) >= 11 is 0. The van der Waals surface area contributed by atoms with Gasteiger partial charge in [-0.05, 0) is 32.7 Å². The van der Waals surface area contributed by atoms with Gasteiger partial charge in [-0.15, -0.1) is 0 Å². The van der Waals surface area contributed by atoms with E-state index in [2.05, 4.69) is 19.2 Å². The summed E-state index contributed by atoms with van der Waals surface area (Å²) in [7, 11) is 0. The molecule has 0 bridgehead atoms. The SMILES string of the molecule is CCNC1CCN(C(=O)N(CC)CC)CC1CC. The van der Waals surface area contributed by atoms with Crippen molar-refractivity contribution in [1.82, 2.24) is 15.1 Å². The maximum atomic E-state index is 12.3. The van der Waals surface area contributed by atoms with Crippen LogP contribution < -0.4 is 5.32 Å². The maximum absolute atomic E-state index is 12.3. The summed E-state index contributed by atoms with van der Waals surface area (Å²) in [6.45, 7) is 12.9. The van der Waals surface area contributed by atoms with Crippen LogP contribution in [0.25, 0.3) is 0 Å². The van der Waals surface area contributed by atoms with Crippen LogP contribution in [0.15, 0.2) is 0 Å². The first-order valence-corrected chi connectivity index (χ1v) is 7.44. The topological polar surface area (TPSA) is 35.6 Å². The van der Waals surface area contributed by atoms with Crippen molar-refractivity contribution in [2.75, 3.05) is 32.7 Å². The van der Waals surface area contributed by atoms with Gasteiger partial charge < -0.3 is 15.1 Å². The molecule has 0 radical (unpaired) electrons. The van der Waals surface area contributed by atoms with Crippen molar-refractivity contribution in [2.45, 2.75) is 46.6 Å². The number of hydrogen-bond donors (Lipinski definition) is 1. The fraction of sp³-hybridized carbons (Fsp3) is 0.929. The van der Waals surface area contributed by atoms with Crippen molar-refractivity contribution in [3.63, 3.8) is 0 Å². The number of hydrogen-bond acceptors (Lipinski definition) is 2. The number of carbonyl (C=O) groups excluding carboxylic acids is 1. The number of amides is 2. The molecule has 1 aliphatic heterocycles. The van der Waals surface area contributed by atoms with Gasteiger partial charge in [-0.3, -0.25) is 0 Å². The van der Waals surface area contributed by atoms with Crippen molar-refractivity contribution < 1.29 is 4.79 Å². The van der Waals surface area contributed by atoms with E-state index in [4.69, 9.17) is 0 Å². The third-order valence-electron chi connectivity index (χ3n) is 4.03. The molecular weight excluding hydrogens is 226 g/mol. The highest BCUT2D eigenvalue weighted by molar-refractivity contribution is 5.74. The summed E-state index contributed by atoms with van der Waals surface area (Å²) in [4.78, 5) is 16.3. The lowest BCUT2D eigenvalue weighted by atomic mass is 9.90. The number of piperidine rings is 1. The zero-order valence-corrected chi connectivity index (χ0v) is 12.4. The highest BCUT2D eigenvalue weighted by Gasteiger charge is 2.31. The smallest absolute Gasteiger partial charge is 0.319 e. The highest BCUT2D eigenvalue weighted by atomic mass is 16.2. The first kappa shape index (κ1) is 15.3. The summed E-state index contributed by atoms with van der Waals surface area (Å²) in [6.07, 6.45) is 2.22. The molecule has 0 aromatic rings. The molecule has 4 nitrogen and oxygen atoms in total. The minimum Gasteiger partial charge on any atom is -0.325 e. The summed E-state index contributed by atoms with van der Waals surface area (Å²) in [6, 6.07) is 0.800. The fourth-order valence-electron chi connectivity index (χ4n) is 2.84. The molecule has 0 aromatic carbocycles. The molecule has 0 spiro atoms. The van der Waals surface area contributed by atoms with Gasteiger partial charge >= 0.3 is 6.03 Å². The molecule has 4 heteroatoms. The minimum absolute atomic E-state index is 0.216. The van der Waals surface area contributed by atoms with Crippen molar-refractivity contribution in [3.8, 4) is 0 Å². The highest BCUT2D eigenvalue weighted by Crippen LogP contribution is 2.21. The fourth-order valence-corrected chi connectivity index (χ4v) is 2.84. The first-order chi connectivity index (χ1) is 8.67. The van der Waals surface area contributed by atoms with Gasteiger partial charge in [-0.25, -0.2) is 4.79 Å². The second kappa shape index (κ2) is 7.62. The average Bonchev–Trinajstić information content (AvgIpc) is 2.40. The third-order valence-corrected chi connectivity index (χ3v) is 4.03. The third kappa shape index (κ3) is 3.61. The van der Waals surface area contributed by atoms with Crippen LogP contribution >= 0.6 is 0 Å². The standard InChI is InChI=1S/C14H29N3O/c1-5-12-11-17(10-9-13(12)15-6-2)14(18)16(7-3)8-4/h12-13,15H,5-11H2,1-4H3. The number of rotatable bonds is 5. The molecule has 1 saturated heterocycles. The van der Waals surface area contributed by atoms with Gasteiger partial charge in [0.25, 0.3) is 0 Å². The molecule has 2 unspecified atom stereocenters. The summed E-state index contributed by atoms with van der Waals surface area (Å²) in [5.41, 5.74) is 0. The average molecular weight is 255 g/mol. The number of carbonyl (C=O) groups is 1. The molecule has 0 saturated carbocycles. The van der Waals surface area contributed by atoms with Crippen LogP contribution in [0.4, 0.5) is 4.79 Å². The van der Waals surface area contributed by atoms with E-state index in [1.165, 1.54) is 0 Å². The second-order valence-corrected chi connectivity index (χ2v) is 5.02. The zero-order chi connectivity index (χ0) is 13.5. The lowest BCUT2D eigenvalue weighted by Crippen LogP contribution is -2.54. The Hall–Kier alpha value is -0.770. The van der Waals surface area contributed by atoms with Crippen molar-refractivity contribution in [3.05, 3.63) is 0 Å². The predicted molar refractivity (Wildman–Crippen MR) is 75.8 cm³/mol. The van der Waals surface area contributed by atoms with E-state index in [0.717, 1.165) is 45.6 Å². The van der Waals surface area contributed by atoms with E-state index in [9.17, 15) is 4.79 Å². The van der Waals surface area contributed by atoms with E-state index < -0.39 is 0 Å². The summed E-state index contributed by atoms with van der Waals surface area (Å²) in [5.74, 6) is 0.596. The molecule has 2 amide bonds. The Labute approximate surface area is 112 Å². The molecule has 1 aliphatic rings. The van der Waals surface area contributed by atoms with Crippen LogP contribution in [-0.4, -0.2) is 54.6 Å². The lowest BCUT2D eigenvalue weighted by Gasteiger charge is -2.40. The molecular formula is C14H29N3O. The zero-order valence-electron chi connectivity index (χ0n) is 12.4.